The third-order valence-electron chi connectivity index (χ3n) is 6.12. The van der Waals surface area contributed by atoms with Crippen LogP contribution in [0.1, 0.15) is 62.8 Å². The van der Waals surface area contributed by atoms with Gasteiger partial charge in [-0.15, -0.1) is 6.42 Å². The van der Waals surface area contributed by atoms with E-state index in [-0.39, 0.29) is 18.5 Å². The molecule has 2 aromatic rings. The second-order valence-electron chi connectivity index (χ2n) is 10.1. The van der Waals surface area contributed by atoms with Gasteiger partial charge in [-0.1, -0.05) is 48.4 Å². The predicted octanol–water partition coefficient (Wildman–Crippen LogP) is 3.29. The van der Waals surface area contributed by atoms with Gasteiger partial charge < -0.3 is 25.4 Å². The molecule has 0 aromatic heterocycles. The molecular weight excluding hydrogens is 470 g/mol. The molecule has 8 nitrogen and oxygen atoms in total. The molecule has 3 N–H and O–H groups in total. The van der Waals surface area contributed by atoms with E-state index >= 15 is 0 Å². The van der Waals surface area contributed by atoms with Gasteiger partial charge in [0.25, 0.3) is 0 Å². The molecule has 1 aliphatic rings. The largest absolute Gasteiger partial charge is 0.444 e. The van der Waals surface area contributed by atoms with Crippen LogP contribution in [0.3, 0.4) is 0 Å². The summed E-state index contributed by atoms with van der Waals surface area (Å²) in [5, 5.41) is 15.4. The highest BCUT2D eigenvalue weighted by molar-refractivity contribution is 5.92. The Labute approximate surface area is 218 Å². The van der Waals surface area contributed by atoms with Crippen molar-refractivity contribution >= 4 is 17.9 Å². The van der Waals surface area contributed by atoms with Crippen LogP contribution in [-0.2, 0) is 20.9 Å². The van der Waals surface area contributed by atoms with Crippen LogP contribution in [0.4, 0.5) is 4.79 Å². The minimum absolute atomic E-state index is 0.221. The second kappa shape index (κ2) is 12.4. The third kappa shape index (κ3) is 7.58. The zero-order valence-corrected chi connectivity index (χ0v) is 21.6. The van der Waals surface area contributed by atoms with Crippen molar-refractivity contribution in [1.82, 2.24) is 15.5 Å². The smallest absolute Gasteiger partial charge is 0.408 e. The van der Waals surface area contributed by atoms with E-state index in [4.69, 9.17) is 11.2 Å². The van der Waals surface area contributed by atoms with E-state index in [9.17, 15) is 19.5 Å². The highest BCUT2D eigenvalue weighted by Crippen LogP contribution is 2.34. The van der Waals surface area contributed by atoms with E-state index in [0.29, 0.717) is 24.0 Å². The number of rotatable bonds is 9. The Hall–Kier alpha value is -3.83. The zero-order valence-electron chi connectivity index (χ0n) is 21.6. The molecule has 2 aromatic carbocycles. The van der Waals surface area contributed by atoms with Crippen LogP contribution < -0.4 is 10.6 Å². The number of aliphatic hydroxyl groups is 1. The maximum absolute atomic E-state index is 13.8. The number of amides is 3. The van der Waals surface area contributed by atoms with Crippen molar-refractivity contribution in [3.63, 3.8) is 0 Å². The summed E-state index contributed by atoms with van der Waals surface area (Å²) in [7, 11) is 0. The Morgan fingerprint density at radius 3 is 2.27 bits per heavy atom. The van der Waals surface area contributed by atoms with Crippen molar-refractivity contribution in [1.29, 1.82) is 0 Å². The van der Waals surface area contributed by atoms with Crippen LogP contribution in [0.5, 0.6) is 0 Å². The Kier molecular flexibility index (Phi) is 9.31. The molecule has 0 radical (unpaired) electrons. The molecule has 37 heavy (non-hydrogen) atoms. The summed E-state index contributed by atoms with van der Waals surface area (Å²) < 4.78 is 5.28. The van der Waals surface area contributed by atoms with Crippen molar-refractivity contribution in [2.75, 3.05) is 6.61 Å². The van der Waals surface area contributed by atoms with Crippen molar-refractivity contribution in [2.24, 2.45) is 0 Å². The van der Waals surface area contributed by atoms with Crippen LogP contribution in [0.15, 0.2) is 54.6 Å². The number of hydrogen-bond donors (Lipinski definition) is 3. The Bertz CT molecular complexity index is 1110. The number of carbonyl (C=O) groups excluding carboxylic acids is 3. The van der Waals surface area contributed by atoms with Crippen molar-refractivity contribution in [2.45, 2.75) is 70.3 Å². The van der Waals surface area contributed by atoms with Gasteiger partial charge in [-0.25, -0.2) is 4.79 Å². The molecule has 0 spiro atoms. The molecule has 2 unspecified atom stereocenters. The van der Waals surface area contributed by atoms with Gasteiger partial charge in [-0.2, -0.15) is 0 Å². The third-order valence-corrected chi connectivity index (χ3v) is 6.12. The topological polar surface area (TPSA) is 108 Å². The summed E-state index contributed by atoms with van der Waals surface area (Å²) in [5.41, 5.74) is 1.37. The summed E-state index contributed by atoms with van der Waals surface area (Å²) in [6.07, 6.45) is 7.01. The average molecular weight is 506 g/mol. The molecule has 0 aliphatic heterocycles. The monoisotopic (exact) mass is 505 g/mol. The van der Waals surface area contributed by atoms with E-state index in [1.807, 2.05) is 30.3 Å². The van der Waals surface area contributed by atoms with E-state index in [0.717, 1.165) is 12.0 Å². The van der Waals surface area contributed by atoms with Crippen molar-refractivity contribution in [3.05, 3.63) is 71.3 Å². The first-order chi connectivity index (χ1) is 17.6. The zero-order chi connectivity index (χ0) is 27.0. The van der Waals surface area contributed by atoms with Gasteiger partial charge in [-0.3, -0.25) is 9.59 Å². The summed E-state index contributed by atoms with van der Waals surface area (Å²) in [5.74, 6) is 1.63. The number of hydrogen-bond acceptors (Lipinski definition) is 5. The highest BCUT2D eigenvalue weighted by atomic mass is 16.6. The molecule has 0 bridgehead atoms. The van der Waals surface area contributed by atoms with E-state index in [1.165, 1.54) is 4.90 Å². The van der Waals surface area contributed by atoms with Gasteiger partial charge in [0.15, 0.2) is 0 Å². The molecule has 1 saturated carbocycles. The minimum atomic E-state index is -1.27. The molecule has 8 heteroatoms. The number of aliphatic hydroxyl groups excluding tert-OH is 1. The molecule has 196 valence electrons. The maximum atomic E-state index is 13.8. The van der Waals surface area contributed by atoms with E-state index < -0.39 is 36.3 Å². The predicted molar refractivity (Wildman–Crippen MR) is 140 cm³/mol. The van der Waals surface area contributed by atoms with Gasteiger partial charge in [0, 0.05) is 18.2 Å². The second-order valence-corrected chi connectivity index (χ2v) is 10.1. The molecule has 3 amide bonds. The Morgan fingerprint density at radius 1 is 1.11 bits per heavy atom. The number of ether oxygens (including phenoxy) is 1. The molecule has 1 aliphatic carbocycles. The fraction of sp³-hybridized carbons (Fsp3) is 0.414. The SMILES string of the molecule is C#Cc1ccc(C(C(=O)NCc2ccccc2)N(C(=O)C(CO)NC(=O)OC(C)(C)C)C2CCC2)cc1. The maximum Gasteiger partial charge on any atom is 0.408 e. The molecule has 3 rings (SSSR count). The first kappa shape index (κ1) is 27.8. The summed E-state index contributed by atoms with van der Waals surface area (Å²) in [6, 6.07) is 13.9. The van der Waals surface area contributed by atoms with Gasteiger partial charge >= 0.3 is 6.09 Å². The number of terminal acetylenes is 1. The lowest BCUT2D eigenvalue weighted by atomic mass is 9.88. The van der Waals surface area contributed by atoms with Crippen LogP contribution in [-0.4, -0.2) is 52.2 Å². The lowest BCUT2D eigenvalue weighted by Gasteiger charge is -2.43. The van der Waals surface area contributed by atoms with Crippen LogP contribution in [0, 0.1) is 12.3 Å². The normalized spacial score (nSPS) is 14.9. The van der Waals surface area contributed by atoms with E-state index in [2.05, 4.69) is 16.6 Å². The highest BCUT2D eigenvalue weighted by Gasteiger charge is 2.41. The molecule has 2 atom stereocenters. The summed E-state index contributed by atoms with van der Waals surface area (Å²) in [4.78, 5) is 41.4. The lowest BCUT2D eigenvalue weighted by molar-refractivity contribution is -0.148. The fourth-order valence-electron chi connectivity index (χ4n) is 4.08. The standard InChI is InChI=1S/C29H35N3O5/c1-5-20-14-16-22(17-15-20)25(26(34)30-18-21-10-7-6-8-11-21)32(23-12-9-13-23)27(35)24(19-33)31-28(36)37-29(2,3)4/h1,6-8,10-11,14-17,23-25,33H,9,12-13,18-19H2,2-4H3,(H,30,34)(H,31,36). The van der Waals surface area contributed by atoms with E-state index in [1.54, 1.807) is 45.0 Å². The molecule has 0 saturated heterocycles. The van der Waals surface area contributed by atoms with Crippen LogP contribution >= 0.6 is 0 Å². The average Bonchev–Trinajstić information content (AvgIpc) is 2.84. The van der Waals surface area contributed by atoms with Crippen molar-refractivity contribution in [3.8, 4) is 12.3 Å². The van der Waals surface area contributed by atoms with Gasteiger partial charge in [0.2, 0.25) is 11.8 Å². The molecule has 1 fully saturated rings. The van der Waals surface area contributed by atoms with Gasteiger partial charge in [0.05, 0.1) is 6.61 Å². The fourth-order valence-corrected chi connectivity index (χ4v) is 4.08. The summed E-state index contributed by atoms with van der Waals surface area (Å²) in [6.45, 7) is 4.75. The molecular formula is C29H35N3O5. The number of nitrogens with one attached hydrogen (secondary N) is 2. The number of nitrogens with zero attached hydrogens (tertiary/aromatic N) is 1. The first-order valence-electron chi connectivity index (χ1n) is 12.4. The number of carbonyl (C=O) groups is 3. The Balaban J connectivity index is 1.93. The lowest BCUT2D eigenvalue weighted by Crippen LogP contribution is -2.58. The minimum Gasteiger partial charge on any atom is -0.444 e. The van der Waals surface area contributed by atoms with Crippen LogP contribution in [0.2, 0.25) is 0 Å². The quantitative estimate of drug-likeness (QED) is 0.454. The van der Waals surface area contributed by atoms with Gasteiger partial charge in [-0.05, 0) is 63.3 Å². The van der Waals surface area contributed by atoms with Crippen molar-refractivity contribution < 1.29 is 24.2 Å². The van der Waals surface area contributed by atoms with Crippen LogP contribution in [0.25, 0.3) is 0 Å². The van der Waals surface area contributed by atoms with Gasteiger partial charge in [0.1, 0.15) is 17.7 Å². The Morgan fingerprint density at radius 2 is 1.76 bits per heavy atom. The summed E-state index contributed by atoms with van der Waals surface area (Å²) >= 11 is 0. The molecule has 0 heterocycles. The number of alkyl carbamates (subject to hydrolysis) is 1. The number of benzene rings is 2. The first-order valence-corrected chi connectivity index (χ1v) is 12.4.